The van der Waals surface area contributed by atoms with E-state index in [1.165, 1.54) is 49.7 Å². The molecule has 4 atom stereocenters. The maximum Gasteiger partial charge on any atom is 0.416 e. The van der Waals surface area contributed by atoms with E-state index < -0.39 is 78.7 Å². The van der Waals surface area contributed by atoms with E-state index >= 15 is 8.78 Å². The van der Waals surface area contributed by atoms with Crippen molar-refractivity contribution < 1.29 is 54.2 Å². The molecular formula is C35H23F8N2O4P. The van der Waals surface area contributed by atoms with E-state index in [-0.39, 0.29) is 34.2 Å². The standard InChI is InChI=1S/C35H23F8N2O4P/c1-16-9-17-3-5-23(16)19-12-26(30(48-2)44-15-19)24-6-4-20(33(36,37)38)14-25(24)27-7-8-28-29(49-32(47)45(27)28)18-10-21(34(39,40)41)13-22(11-18)35(42,43)50-31(17)46/h3-15,27-29,50H,1-2H3/t27-,28-,29+/m0/s1. The molecule has 1 fully saturated rings. The number of pyridine rings is 1. The van der Waals surface area contributed by atoms with Crippen LogP contribution in [-0.4, -0.2) is 34.7 Å². The number of rotatable bonds is 1. The van der Waals surface area contributed by atoms with Gasteiger partial charge in [0.25, 0.3) is 5.66 Å². The van der Waals surface area contributed by atoms with Gasteiger partial charge >= 0.3 is 18.4 Å². The molecule has 1 unspecified atom stereocenters. The molecule has 5 heterocycles. The number of methoxy groups -OCH3 is 1. The molecule has 10 bridgehead atoms. The van der Waals surface area contributed by atoms with Crippen LogP contribution in [0.2, 0.25) is 0 Å². The first kappa shape index (κ1) is 33.6. The van der Waals surface area contributed by atoms with Gasteiger partial charge in [0.1, 0.15) is 0 Å². The van der Waals surface area contributed by atoms with Crippen molar-refractivity contribution in [3.8, 4) is 28.1 Å². The first-order valence-corrected chi connectivity index (χ1v) is 15.9. The van der Waals surface area contributed by atoms with Gasteiger partial charge in [-0.15, -0.1) is 0 Å². The normalized spacial score (nSPS) is 21.5. The zero-order valence-electron chi connectivity index (χ0n) is 25.8. The van der Waals surface area contributed by atoms with Crippen molar-refractivity contribution in [1.29, 1.82) is 0 Å². The summed E-state index contributed by atoms with van der Waals surface area (Å²) in [6.07, 6.45) is -8.31. The largest absolute Gasteiger partial charge is 0.481 e. The van der Waals surface area contributed by atoms with E-state index in [9.17, 15) is 35.9 Å². The highest BCUT2D eigenvalue weighted by atomic mass is 31.1. The Kier molecular flexibility index (Phi) is 7.82. The third-order valence-electron chi connectivity index (χ3n) is 8.94. The number of ether oxygens (including phenoxy) is 2. The number of aromatic nitrogens is 1. The van der Waals surface area contributed by atoms with Crippen molar-refractivity contribution in [2.75, 3.05) is 7.11 Å². The van der Waals surface area contributed by atoms with Gasteiger partial charge in [-0.05, 0) is 77.2 Å². The number of alkyl halides is 8. The molecule has 0 spiro atoms. The van der Waals surface area contributed by atoms with E-state index in [2.05, 4.69) is 4.98 Å². The Balaban J connectivity index is 1.50. The molecule has 4 aliphatic heterocycles. The Morgan fingerprint density at radius 3 is 2.24 bits per heavy atom. The van der Waals surface area contributed by atoms with Gasteiger partial charge in [0.05, 0.1) is 30.3 Å². The highest BCUT2D eigenvalue weighted by molar-refractivity contribution is 7.59. The highest BCUT2D eigenvalue weighted by Gasteiger charge is 2.50. The molecule has 0 N–H and O–H groups in total. The molecular weight excluding hydrogens is 695 g/mol. The first-order chi connectivity index (χ1) is 23.5. The van der Waals surface area contributed by atoms with E-state index in [1.807, 2.05) is 0 Å². The van der Waals surface area contributed by atoms with Crippen LogP contribution in [0.3, 0.4) is 0 Å². The fourth-order valence-electron chi connectivity index (χ4n) is 6.59. The average molecular weight is 719 g/mol. The Morgan fingerprint density at radius 2 is 1.56 bits per heavy atom. The van der Waals surface area contributed by atoms with Crippen LogP contribution >= 0.6 is 8.58 Å². The molecule has 0 aliphatic carbocycles. The Hall–Kier alpha value is -4.84. The van der Waals surface area contributed by atoms with Crippen molar-refractivity contribution in [1.82, 2.24) is 9.88 Å². The smallest absolute Gasteiger partial charge is 0.416 e. The predicted octanol–water partition coefficient (Wildman–Crippen LogP) is 9.82. The number of amides is 1. The molecule has 50 heavy (non-hydrogen) atoms. The van der Waals surface area contributed by atoms with Crippen LogP contribution in [0.5, 0.6) is 5.88 Å². The van der Waals surface area contributed by atoms with Crippen LogP contribution in [0, 0.1) is 6.92 Å². The van der Waals surface area contributed by atoms with Gasteiger partial charge in [0, 0.05) is 37.0 Å². The minimum absolute atomic E-state index is 0.0264. The summed E-state index contributed by atoms with van der Waals surface area (Å²) in [7, 11) is -0.472. The van der Waals surface area contributed by atoms with E-state index in [0.717, 1.165) is 23.1 Å². The highest BCUT2D eigenvalue weighted by Crippen LogP contribution is 2.52. The molecule has 6 nitrogen and oxygen atoms in total. The Bertz CT molecular complexity index is 2110. The number of hydrogen-bond donors (Lipinski definition) is 0. The summed E-state index contributed by atoms with van der Waals surface area (Å²) in [6, 6.07) is 7.89. The van der Waals surface area contributed by atoms with E-state index in [0.29, 0.717) is 22.8 Å². The zero-order valence-corrected chi connectivity index (χ0v) is 26.8. The lowest BCUT2D eigenvalue weighted by atomic mass is 9.91. The van der Waals surface area contributed by atoms with Gasteiger partial charge in [0.15, 0.2) is 11.6 Å². The number of benzene rings is 3. The molecule has 1 saturated heterocycles. The summed E-state index contributed by atoms with van der Waals surface area (Å²) in [6.45, 7) is 1.61. The summed E-state index contributed by atoms with van der Waals surface area (Å²) >= 11 is 0. The maximum atomic E-state index is 15.8. The third-order valence-corrected chi connectivity index (χ3v) is 10.1. The quantitative estimate of drug-likeness (QED) is 0.111. The van der Waals surface area contributed by atoms with Crippen molar-refractivity contribution in [2.24, 2.45) is 0 Å². The van der Waals surface area contributed by atoms with Crippen LogP contribution in [0.15, 0.2) is 79.0 Å². The van der Waals surface area contributed by atoms with Crippen LogP contribution in [0.4, 0.5) is 39.9 Å². The summed E-state index contributed by atoms with van der Waals surface area (Å²) in [5.41, 5.74) is -7.38. The molecule has 0 saturated carbocycles. The lowest BCUT2D eigenvalue weighted by Crippen LogP contribution is -2.32. The summed E-state index contributed by atoms with van der Waals surface area (Å²) in [4.78, 5) is 32.0. The molecule has 8 rings (SSSR count). The Labute approximate surface area is 280 Å². The number of halogens is 8. The zero-order chi connectivity index (χ0) is 35.9. The van der Waals surface area contributed by atoms with Gasteiger partial charge in [-0.25, -0.2) is 9.78 Å². The number of carbonyl (C=O) groups excluding carboxylic acids is 2. The molecule has 1 aromatic heterocycles. The topological polar surface area (TPSA) is 68.7 Å². The monoisotopic (exact) mass is 718 g/mol. The van der Waals surface area contributed by atoms with Crippen LogP contribution < -0.4 is 4.74 Å². The second kappa shape index (κ2) is 11.6. The van der Waals surface area contributed by atoms with Crippen LogP contribution in [-0.2, 0) is 22.8 Å². The number of hydrogen-bond acceptors (Lipinski definition) is 5. The molecule has 0 radical (unpaired) electrons. The number of nitrogens with zero attached hydrogens (tertiary/aromatic N) is 2. The third kappa shape index (κ3) is 5.69. The first-order valence-electron chi connectivity index (χ1n) is 14.9. The molecule has 4 aliphatic rings. The van der Waals surface area contributed by atoms with E-state index in [4.69, 9.17) is 9.47 Å². The van der Waals surface area contributed by atoms with Gasteiger partial charge in [0.2, 0.25) is 5.88 Å². The van der Waals surface area contributed by atoms with Gasteiger partial charge in [-0.2, -0.15) is 35.1 Å². The van der Waals surface area contributed by atoms with Gasteiger partial charge in [-0.3, -0.25) is 9.69 Å². The maximum absolute atomic E-state index is 15.8. The predicted molar refractivity (Wildman–Crippen MR) is 166 cm³/mol. The Morgan fingerprint density at radius 1 is 0.840 bits per heavy atom. The van der Waals surface area contributed by atoms with Crippen molar-refractivity contribution in [2.45, 2.75) is 43.1 Å². The van der Waals surface area contributed by atoms with Gasteiger partial charge < -0.3 is 9.47 Å². The lowest BCUT2D eigenvalue weighted by Gasteiger charge is -2.26. The summed E-state index contributed by atoms with van der Waals surface area (Å²) < 4.78 is 127. The lowest BCUT2D eigenvalue weighted by molar-refractivity contribution is -0.138. The number of aryl methyl sites for hydroxylation is 1. The molecule has 3 aromatic carbocycles. The van der Waals surface area contributed by atoms with Crippen molar-refractivity contribution >= 4 is 20.2 Å². The fourth-order valence-corrected chi connectivity index (χ4v) is 7.46. The second-order valence-corrected chi connectivity index (χ2v) is 13.3. The van der Waals surface area contributed by atoms with E-state index in [1.54, 1.807) is 13.0 Å². The molecule has 1 amide bonds. The van der Waals surface area contributed by atoms with Crippen molar-refractivity contribution in [3.05, 3.63) is 118 Å². The van der Waals surface area contributed by atoms with Crippen molar-refractivity contribution in [3.63, 3.8) is 0 Å². The molecule has 258 valence electrons. The minimum atomic E-state index is -5.10. The SMILES string of the molecule is COc1ncc2cc1-c1ccc(C(F)(F)F)cc1[C@@H]1C=C[C@H]3[C@H](OC(=O)N13)c1cc(C(F)(F)F)cc(c1)C(F)(F)PC(=O)c1ccc-2c(C)c1. The van der Waals surface area contributed by atoms with Crippen LogP contribution in [0.1, 0.15) is 55.9 Å². The number of fused-ring (bicyclic) bond motifs is 4. The molecule has 4 aromatic rings. The van der Waals surface area contributed by atoms with Gasteiger partial charge in [-0.1, -0.05) is 30.4 Å². The summed E-state index contributed by atoms with van der Waals surface area (Å²) in [5, 5.41) is 0. The average Bonchev–Trinajstić information content (AvgIpc) is 3.63. The number of carbonyl (C=O) groups is 2. The second-order valence-electron chi connectivity index (χ2n) is 12.0. The minimum Gasteiger partial charge on any atom is -0.481 e. The fraction of sp³-hybridized carbons (Fsp3) is 0.229. The van der Waals surface area contributed by atoms with Crippen LogP contribution in [0.25, 0.3) is 22.3 Å². The summed E-state index contributed by atoms with van der Waals surface area (Å²) in [5.74, 6) is 0.0328. The molecule has 15 heteroatoms.